The molecule has 1 fully saturated rings. The monoisotopic (exact) mass is 267 g/mol. The molecule has 0 saturated carbocycles. The molecule has 1 aliphatic heterocycles. The minimum atomic E-state index is -3.31. The third-order valence-corrected chi connectivity index (χ3v) is 2.52. The maximum absolute atomic E-state index is 14.0. The Morgan fingerprint density at radius 2 is 2.17 bits per heavy atom. The first-order valence-corrected chi connectivity index (χ1v) is 4.88. The van der Waals surface area contributed by atoms with Gasteiger partial charge in [-0.15, -0.1) is 0 Å². The van der Waals surface area contributed by atoms with Gasteiger partial charge in [0.1, 0.15) is 12.7 Å². The van der Waals surface area contributed by atoms with Crippen LogP contribution in [0.4, 0.5) is 8.78 Å². The van der Waals surface area contributed by atoms with Crippen molar-refractivity contribution in [1.29, 1.82) is 0 Å². The van der Waals surface area contributed by atoms with E-state index in [-0.39, 0.29) is 0 Å². The zero-order chi connectivity index (χ0) is 14.0. The molecule has 0 spiro atoms. The normalized spacial score (nSPS) is 40.1. The first kappa shape index (κ1) is 14.7. The van der Waals surface area contributed by atoms with Gasteiger partial charge in [-0.1, -0.05) is 5.11 Å². The number of hydrogen-bond acceptors (Lipinski definition) is 6. The number of halogens is 2. The standard InChI is InChI=1S/C8H11F2N3O5/c9-7(5(16)2-12-13-11)1-4(15)6(17)8(10,3-14)18-7/h4,6,14-15,17H,1-3H2/t4-,6+,7+,8-/m1/s1. The summed E-state index contributed by atoms with van der Waals surface area (Å²) in [7, 11) is 0. The Kier molecular flexibility index (Phi) is 4.20. The number of aliphatic hydroxyl groups excluding tert-OH is 3. The molecule has 0 aromatic carbocycles. The predicted octanol–water partition coefficient (Wildman–Crippen LogP) is -0.668. The molecule has 1 rings (SSSR count). The van der Waals surface area contributed by atoms with Gasteiger partial charge in [0.05, 0.1) is 12.6 Å². The van der Waals surface area contributed by atoms with E-state index in [0.29, 0.717) is 0 Å². The van der Waals surface area contributed by atoms with E-state index < -0.39 is 49.3 Å². The molecular formula is C8H11F2N3O5. The van der Waals surface area contributed by atoms with Crippen LogP contribution in [0.5, 0.6) is 0 Å². The molecule has 3 N–H and O–H groups in total. The van der Waals surface area contributed by atoms with Gasteiger partial charge in [-0.3, -0.25) is 9.53 Å². The second-order valence-electron chi connectivity index (χ2n) is 3.80. The van der Waals surface area contributed by atoms with Crippen LogP contribution in [0.3, 0.4) is 0 Å². The molecule has 1 saturated heterocycles. The van der Waals surface area contributed by atoms with Crippen LogP contribution in [-0.2, 0) is 9.53 Å². The lowest BCUT2D eigenvalue weighted by atomic mass is 9.93. The van der Waals surface area contributed by atoms with Crippen molar-refractivity contribution in [2.75, 3.05) is 13.2 Å². The number of carbonyl (C=O) groups is 1. The molecule has 8 nitrogen and oxygen atoms in total. The first-order chi connectivity index (χ1) is 8.29. The SMILES string of the molecule is [N-]=[N+]=NCC(=O)[C@]1(F)C[C@@H](O)[C@H](O)[C@@](F)(CO)O1. The van der Waals surface area contributed by atoms with E-state index in [2.05, 4.69) is 14.8 Å². The highest BCUT2D eigenvalue weighted by Gasteiger charge is 2.59. The summed E-state index contributed by atoms with van der Waals surface area (Å²) in [5.74, 6) is -8.00. The number of Topliss-reactive ketones (excluding diaryl/α,β-unsaturated/α-hetero) is 1. The molecule has 10 heteroatoms. The van der Waals surface area contributed by atoms with E-state index in [1.807, 2.05) is 0 Å². The summed E-state index contributed by atoms with van der Waals surface area (Å²) < 4.78 is 31.9. The maximum Gasteiger partial charge on any atom is 0.273 e. The zero-order valence-corrected chi connectivity index (χ0v) is 9.03. The summed E-state index contributed by atoms with van der Waals surface area (Å²) in [6.45, 7) is -2.40. The number of azide groups is 1. The van der Waals surface area contributed by atoms with Crippen molar-refractivity contribution in [2.45, 2.75) is 30.3 Å². The van der Waals surface area contributed by atoms with Crippen LogP contribution in [0.25, 0.3) is 10.4 Å². The topological polar surface area (TPSA) is 136 Å². The van der Waals surface area contributed by atoms with E-state index in [0.717, 1.165) is 0 Å². The number of carbonyl (C=O) groups excluding carboxylic acids is 1. The molecule has 102 valence electrons. The summed E-state index contributed by atoms with van der Waals surface area (Å²) in [5.41, 5.74) is 7.98. The zero-order valence-electron chi connectivity index (χ0n) is 9.03. The molecule has 1 heterocycles. The quantitative estimate of drug-likeness (QED) is 0.352. The van der Waals surface area contributed by atoms with Gasteiger partial charge in [-0.2, -0.15) is 0 Å². The molecule has 4 atom stereocenters. The lowest BCUT2D eigenvalue weighted by Gasteiger charge is -2.42. The van der Waals surface area contributed by atoms with E-state index in [1.54, 1.807) is 0 Å². The van der Waals surface area contributed by atoms with Crippen molar-refractivity contribution in [3.05, 3.63) is 10.4 Å². The van der Waals surface area contributed by atoms with Crippen molar-refractivity contribution in [3.63, 3.8) is 0 Å². The third kappa shape index (κ3) is 2.57. The number of aliphatic hydroxyl groups is 3. The molecule has 0 bridgehead atoms. The highest BCUT2D eigenvalue weighted by molar-refractivity contribution is 5.87. The number of ether oxygens (including phenoxy) is 1. The Morgan fingerprint density at radius 1 is 1.56 bits per heavy atom. The predicted molar refractivity (Wildman–Crippen MR) is 51.5 cm³/mol. The van der Waals surface area contributed by atoms with Crippen molar-refractivity contribution in [3.8, 4) is 0 Å². The Balaban J connectivity index is 2.96. The highest BCUT2D eigenvalue weighted by atomic mass is 19.2. The second kappa shape index (κ2) is 5.12. The van der Waals surface area contributed by atoms with Crippen molar-refractivity contribution < 1.29 is 33.6 Å². The van der Waals surface area contributed by atoms with Gasteiger partial charge in [0.25, 0.3) is 11.7 Å². The van der Waals surface area contributed by atoms with E-state index in [4.69, 9.17) is 10.6 Å². The van der Waals surface area contributed by atoms with Gasteiger partial charge in [-0.05, 0) is 5.53 Å². The van der Waals surface area contributed by atoms with Crippen LogP contribution < -0.4 is 0 Å². The second-order valence-corrected chi connectivity index (χ2v) is 3.80. The van der Waals surface area contributed by atoms with Crippen LogP contribution in [0.15, 0.2) is 5.11 Å². The maximum atomic E-state index is 14.0. The minimum absolute atomic E-state index is 0.947. The van der Waals surface area contributed by atoms with Crippen LogP contribution in [0.2, 0.25) is 0 Å². The highest BCUT2D eigenvalue weighted by Crippen LogP contribution is 2.38. The number of rotatable bonds is 4. The van der Waals surface area contributed by atoms with E-state index >= 15 is 0 Å². The fourth-order valence-corrected chi connectivity index (χ4v) is 1.55. The Labute approximate surface area is 99.4 Å². The Hall–Kier alpha value is -1.32. The molecule has 1 aliphatic rings. The van der Waals surface area contributed by atoms with Crippen molar-refractivity contribution in [2.24, 2.45) is 5.11 Å². The first-order valence-electron chi connectivity index (χ1n) is 4.88. The summed E-state index contributed by atoms with van der Waals surface area (Å²) in [6, 6.07) is 0. The lowest BCUT2D eigenvalue weighted by Crippen LogP contribution is -2.63. The Bertz CT molecular complexity index is 391. The molecule has 0 aromatic rings. The van der Waals surface area contributed by atoms with Crippen LogP contribution in [0.1, 0.15) is 6.42 Å². The molecule has 0 unspecified atom stereocenters. The van der Waals surface area contributed by atoms with Crippen molar-refractivity contribution in [1.82, 2.24) is 0 Å². The lowest BCUT2D eigenvalue weighted by molar-refractivity contribution is -0.349. The summed E-state index contributed by atoms with van der Waals surface area (Å²) in [5, 5.41) is 30.0. The fraction of sp³-hybridized carbons (Fsp3) is 0.875. The Morgan fingerprint density at radius 3 is 2.67 bits per heavy atom. The smallest absolute Gasteiger partial charge is 0.273 e. The number of hydrogen-bond donors (Lipinski definition) is 3. The summed E-state index contributed by atoms with van der Waals surface area (Å²) in [6.07, 6.45) is -5.17. The van der Waals surface area contributed by atoms with E-state index in [9.17, 15) is 23.8 Å². The molecule has 0 aromatic heterocycles. The van der Waals surface area contributed by atoms with Gasteiger partial charge in [-0.25, -0.2) is 8.78 Å². The third-order valence-electron chi connectivity index (χ3n) is 2.52. The van der Waals surface area contributed by atoms with Gasteiger partial charge >= 0.3 is 0 Å². The van der Waals surface area contributed by atoms with E-state index in [1.165, 1.54) is 0 Å². The molecule has 0 aliphatic carbocycles. The van der Waals surface area contributed by atoms with Gasteiger partial charge < -0.3 is 15.3 Å². The average molecular weight is 267 g/mol. The molecule has 0 radical (unpaired) electrons. The largest absolute Gasteiger partial charge is 0.390 e. The van der Waals surface area contributed by atoms with Crippen LogP contribution >= 0.6 is 0 Å². The van der Waals surface area contributed by atoms with Gasteiger partial charge in [0.15, 0.2) is 0 Å². The summed E-state index contributed by atoms with van der Waals surface area (Å²) >= 11 is 0. The summed E-state index contributed by atoms with van der Waals surface area (Å²) in [4.78, 5) is 13.5. The minimum Gasteiger partial charge on any atom is -0.390 e. The fourth-order valence-electron chi connectivity index (χ4n) is 1.55. The number of alkyl halides is 2. The number of nitrogens with zero attached hydrogens (tertiary/aromatic N) is 3. The molecule has 18 heavy (non-hydrogen) atoms. The molecular weight excluding hydrogens is 256 g/mol. The van der Waals surface area contributed by atoms with Gasteiger partial charge in [0, 0.05) is 11.3 Å². The molecule has 0 amide bonds. The van der Waals surface area contributed by atoms with Crippen LogP contribution in [-0.4, -0.2) is 58.2 Å². The number of ketones is 1. The van der Waals surface area contributed by atoms with Crippen molar-refractivity contribution >= 4 is 5.78 Å². The van der Waals surface area contributed by atoms with Crippen LogP contribution in [0, 0.1) is 0 Å². The van der Waals surface area contributed by atoms with Gasteiger partial charge in [0.2, 0.25) is 5.78 Å². The average Bonchev–Trinajstić information content (AvgIpc) is 2.32.